The van der Waals surface area contributed by atoms with E-state index in [-0.39, 0.29) is 23.4 Å². The highest BCUT2D eigenvalue weighted by atomic mass is 19.2. The second kappa shape index (κ2) is 14.4. The van der Waals surface area contributed by atoms with Gasteiger partial charge in [0.05, 0.1) is 31.7 Å². The number of benzene rings is 1. The predicted molar refractivity (Wildman–Crippen MR) is 115 cm³/mol. The second-order valence-electron chi connectivity index (χ2n) is 6.85. The van der Waals surface area contributed by atoms with Crippen LogP contribution in [-0.2, 0) is 14.3 Å². The van der Waals surface area contributed by atoms with E-state index in [0.29, 0.717) is 25.3 Å². The van der Waals surface area contributed by atoms with Crippen LogP contribution in [0, 0.1) is 24.4 Å². The Morgan fingerprint density at radius 1 is 1.25 bits per heavy atom. The minimum absolute atomic E-state index is 0.0694. The molecule has 1 fully saturated rings. The fraction of sp³-hybridized carbons (Fsp3) is 0.455. The number of amides is 1. The molecule has 3 N–H and O–H groups in total. The fourth-order valence-electron chi connectivity index (χ4n) is 2.61. The Morgan fingerprint density at radius 2 is 1.97 bits per heavy atom. The molecule has 1 amide bonds. The summed E-state index contributed by atoms with van der Waals surface area (Å²) in [4.78, 5) is 15.6. The average Bonchev–Trinajstić information content (AvgIpc) is 3.21. The van der Waals surface area contributed by atoms with Crippen molar-refractivity contribution in [3.05, 3.63) is 53.6 Å². The molecule has 0 spiro atoms. The maximum absolute atomic E-state index is 13.4. The zero-order chi connectivity index (χ0) is 24.1. The zero-order valence-electron chi connectivity index (χ0n) is 18.7. The van der Waals surface area contributed by atoms with Gasteiger partial charge in [-0.25, -0.2) is 8.78 Å². The first-order chi connectivity index (χ1) is 15.2. The third-order valence-corrected chi connectivity index (χ3v) is 4.23. The Bertz CT molecular complexity index is 853. The van der Waals surface area contributed by atoms with E-state index in [4.69, 9.17) is 10.5 Å². The van der Waals surface area contributed by atoms with Crippen LogP contribution in [0.2, 0.25) is 0 Å². The van der Waals surface area contributed by atoms with E-state index in [2.05, 4.69) is 19.8 Å². The van der Waals surface area contributed by atoms with E-state index >= 15 is 0 Å². The number of nitrogens with zero attached hydrogens (tertiary/aromatic N) is 1. The Morgan fingerprint density at radius 3 is 2.47 bits per heavy atom. The van der Waals surface area contributed by atoms with E-state index in [1.165, 1.54) is 25.3 Å². The Balaban J connectivity index is 0.000000288. The van der Waals surface area contributed by atoms with E-state index in [0.717, 1.165) is 18.7 Å². The lowest BCUT2D eigenvalue weighted by atomic mass is 10.2. The van der Waals surface area contributed by atoms with Crippen molar-refractivity contribution in [3.63, 3.8) is 0 Å². The first-order valence-electron chi connectivity index (χ1n) is 9.98. The zero-order valence-corrected chi connectivity index (χ0v) is 18.7. The summed E-state index contributed by atoms with van der Waals surface area (Å²) >= 11 is 0. The molecular weight excluding hydrogens is 427 g/mol. The lowest BCUT2D eigenvalue weighted by Gasteiger charge is -2.12. The number of nitrogens with one attached hydrogen (secondary N) is 1. The van der Waals surface area contributed by atoms with E-state index in [9.17, 15) is 18.0 Å². The number of ether oxygens (including phenoxy) is 3. The first kappa shape index (κ1) is 27.3. The lowest BCUT2D eigenvalue weighted by molar-refractivity contribution is -0.126. The van der Waals surface area contributed by atoms with Crippen LogP contribution in [0.1, 0.15) is 25.5 Å². The number of carbonyl (C=O) groups is 1. The van der Waals surface area contributed by atoms with Crippen molar-refractivity contribution < 1.29 is 32.2 Å². The minimum atomic E-state index is -0.940. The van der Waals surface area contributed by atoms with Crippen LogP contribution in [0.25, 0.3) is 0 Å². The molecule has 0 saturated carbocycles. The van der Waals surface area contributed by atoms with Crippen molar-refractivity contribution in [3.8, 4) is 5.75 Å². The third kappa shape index (κ3) is 9.21. The van der Waals surface area contributed by atoms with Gasteiger partial charge >= 0.3 is 0 Å². The largest absolute Gasteiger partial charge is 0.494 e. The van der Waals surface area contributed by atoms with Gasteiger partial charge in [-0.1, -0.05) is 6.07 Å². The molecule has 7 nitrogen and oxygen atoms in total. The van der Waals surface area contributed by atoms with Crippen LogP contribution >= 0.6 is 0 Å². The molecule has 2 aromatic rings. The molecule has 178 valence electrons. The quantitative estimate of drug-likeness (QED) is 0.712. The lowest BCUT2D eigenvalue weighted by Crippen LogP contribution is -2.28. The van der Waals surface area contributed by atoms with Crippen molar-refractivity contribution in [2.45, 2.75) is 38.9 Å². The summed E-state index contributed by atoms with van der Waals surface area (Å²) in [6.45, 7) is 4.95. The molecule has 0 bridgehead atoms. The third-order valence-electron chi connectivity index (χ3n) is 4.23. The van der Waals surface area contributed by atoms with Crippen LogP contribution in [0.3, 0.4) is 0 Å². The smallest absolute Gasteiger partial charge is 0.253 e. The highest BCUT2D eigenvalue weighted by Gasteiger charge is 2.28. The number of halogens is 3. The van der Waals surface area contributed by atoms with Crippen molar-refractivity contribution in [1.82, 2.24) is 4.98 Å². The van der Waals surface area contributed by atoms with Gasteiger partial charge in [0.15, 0.2) is 17.4 Å². The van der Waals surface area contributed by atoms with Crippen LogP contribution in [-0.4, -0.2) is 50.5 Å². The van der Waals surface area contributed by atoms with Gasteiger partial charge in [0.2, 0.25) is 5.82 Å². The summed E-state index contributed by atoms with van der Waals surface area (Å²) in [5.41, 5.74) is 5.83. The molecule has 1 aromatic carbocycles. The second-order valence-corrected chi connectivity index (χ2v) is 6.85. The predicted octanol–water partition coefficient (Wildman–Crippen LogP) is 3.60. The molecule has 1 aliphatic heterocycles. The first-order valence-corrected chi connectivity index (χ1v) is 9.98. The summed E-state index contributed by atoms with van der Waals surface area (Å²) in [7, 11) is 2.92. The number of nitrogens with two attached hydrogens (primary N) is 1. The molecular formula is C22H30F3N3O4. The summed E-state index contributed by atoms with van der Waals surface area (Å²) in [5, 5.41) is 2.53. The Labute approximate surface area is 186 Å². The summed E-state index contributed by atoms with van der Waals surface area (Å²) < 4.78 is 52.7. The SMILES string of the molecule is COCCN.COc1cccc(F)c1F.Cc1cc(NC(=O)C2CCC(C)O2)c(F)cn1. The molecule has 32 heavy (non-hydrogen) atoms. The van der Waals surface area contributed by atoms with Crippen LogP contribution in [0.4, 0.5) is 18.9 Å². The monoisotopic (exact) mass is 457 g/mol. The van der Waals surface area contributed by atoms with E-state index < -0.39 is 23.6 Å². The molecule has 0 radical (unpaired) electrons. The molecule has 2 atom stereocenters. The van der Waals surface area contributed by atoms with E-state index in [1.54, 1.807) is 14.0 Å². The number of pyridine rings is 1. The molecule has 1 aromatic heterocycles. The average molecular weight is 457 g/mol. The maximum Gasteiger partial charge on any atom is 0.253 e. The molecule has 3 rings (SSSR count). The highest BCUT2D eigenvalue weighted by Crippen LogP contribution is 2.21. The highest BCUT2D eigenvalue weighted by molar-refractivity contribution is 5.94. The number of hydrogen-bond donors (Lipinski definition) is 2. The Kier molecular flexibility index (Phi) is 12.3. The van der Waals surface area contributed by atoms with Crippen molar-refractivity contribution in [2.75, 3.05) is 32.7 Å². The number of anilines is 1. The number of carbonyl (C=O) groups excluding carboxylic acids is 1. The van der Waals surface area contributed by atoms with Crippen LogP contribution in [0.5, 0.6) is 5.75 Å². The summed E-state index contributed by atoms with van der Waals surface area (Å²) in [6, 6.07) is 5.29. The minimum Gasteiger partial charge on any atom is -0.494 e. The van der Waals surface area contributed by atoms with E-state index in [1.807, 2.05) is 6.92 Å². The van der Waals surface area contributed by atoms with Gasteiger partial charge in [0, 0.05) is 19.3 Å². The number of rotatable bonds is 5. The number of methoxy groups -OCH3 is 2. The van der Waals surface area contributed by atoms with Crippen molar-refractivity contribution in [2.24, 2.45) is 5.73 Å². The standard InChI is InChI=1S/C12H15FN2O2.C7H6F2O.C3H9NO/c1-7-5-10(9(13)6-14-7)15-12(16)11-4-3-8(2)17-11;1-10-6-4-2-3-5(8)7(6)9;1-5-3-2-4/h5-6,8,11H,3-4H2,1-2H3,(H,14,15,16);2-4H,1H3;2-4H2,1H3. The normalized spacial score (nSPS) is 16.9. The molecule has 10 heteroatoms. The van der Waals surface area contributed by atoms with Gasteiger partial charge < -0.3 is 25.3 Å². The number of aromatic nitrogens is 1. The topological polar surface area (TPSA) is 95.7 Å². The molecule has 2 heterocycles. The van der Waals surface area contributed by atoms with Gasteiger partial charge in [-0.05, 0) is 44.9 Å². The summed E-state index contributed by atoms with van der Waals surface area (Å²) in [5.74, 6) is -2.72. The molecule has 1 saturated heterocycles. The fourth-order valence-corrected chi connectivity index (χ4v) is 2.61. The van der Waals surface area contributed by atoms with Crippen LogP contribution < -0.4 is 15.8 Å². The van der Waals surface area contributed by atoms with Crippen LogP contribution in [0.15, 0.2) is 30.5 Å². The molecule has 0 aliphatic carbocycles. The van der Waals surface area contributed by atoms with Gasteiger partial charge in [0.1, 0.15) is 6.10 Å². The summed E-state index contributed by atoms with van der Waals surface area (Å²) in [6.07, 6.45) is 2.25. The van der Waals surface area contributed by atoms with Gasteiger partial charge in [-0.3, -0.25) is 9.78 Å². The van der Waals surface area contributed by atoms with Crippen molar-refractivity contribution >= 4 is 11.6 Å². The Hall–Kier alpha value is -2.69. The van der Waals surface area contributed by atoms with Gasteiger partial charge in [0.25, 0.3) is 5.91 Å². The van der Waals surface area contributed by atoms with Gasteiger partial charge in [-0.2, -0.15) is 4.39 Å². The maximum atomic E-state index is 13.4. The van der Waals surface area contributed by atoms with Gasteiger partial charge in [-0.15, -0.1) is 0 Å². The molecule has 1 aliphatic rings. The van der Waals surface area contributed by atoms with Crippen molar-refractivity contribution in [1.29, 1.82) is 0 Å². The molecule has 2 unspecified atom stereocenters. The number of hydrogen-bond acceptors (Lipinski definition) is 6. The number of aryl methyl sites for hydroxylation is 1.